The van der Waals surface area contributed by atoms with Gasteiger partial charge in [0, 0.05) is 37.3 Å². The van der Waals surface area contributed by atoms with Gasteiger partial charge in [-0.1, -0.05) is 182 Å². The molecule has 3 nitrogen and oxygen atoms in total. The third-order valence-electron chi connectivity index (χ3n) is 11.8. The molecule has 0 saturated heterocycles. The minimum Gasteiger partial charge on any atom is -0.456 e. The van der Waals surface area contributed by atoms with E-state index in [1.54, 1.807) is 0 Å². The number of hydrogen-bond donors (Lipinski definition) is 0. The second kappa shape index (κ2) is 12.5. The molecule has 1 aliphatic carbocycles. The Hall–Kier alpha value is -7.01. The number of aromatic nitrogens is 2. The summed E-state index contributed by atoms with van der Waals surface area (Å²) in [5, 5.41) is 2.18. The summed E-state index contributed by atoms with van der Waals surface area (Å²) in [4.78, 5) is 13.0. The Morgan fingerprint density at radius 1 is 0.386 bits per heavy atom. The second-order valence-electron chi connectivity index (χ2n) is 14.8. The van der Waals surface area contributed by atoms with Gasteiger partial charge in [0.05, 0.1) is 16.8 Å². The van der Waals surface area contributed by atoms with Crippen molar-refractivity contribution in [3.8, 4) is 56.2 Å². The van der Waals surface area contributed by atoms with E-state index < -0.39 is 5.41 Å². The van der Waals surface area contributed by atoms with Crippen molar-refractivity contribution in [3.05, 3.63) is 216 Å². The monoisotopic (exact) mass is 744 g/mol. The molecule has 3 heterocycles. The van der Waals surface area contributed by atoms with Crippen LogP contribution in [0, 0.1) is 0 Å². The van der Waals surface area contributed by atoms with Crippen molar-refractivity contribution in [3.63, 3.8) is 0 Å². The average molecular weight is 745 g/mol. The fraction of sp³-hybridized carbons (Fsp3) is 0.0189. The molecule has 12 rings (SSSR count). The lowest BCUT2D eigenvalue weighted by Gasteiger charge is -2.39. The van der Waals surface area contributed by atoms with Crippen LogP contribution in [0.4, 0.5) is 0 Å². The minimum absolute atomic E-state index is 0.481. The van der Waals surface area contributed by atoms with E-state index in [1.165, 1.54) is 54.3 Å². The molecule has 57 heavy (non-hydrogen) atoms. The second-order valence-corrected chi connectivity index (χ2v) is 15.9. The van der Waals surface area contributed by atoms with Crippen LogP contribution in [-0.2, 0) is 5.41 Å². The van der Waals surface area contributed by atoms with Crippen molar-refractivity contribution in [2.24, 2.45) is 0 Å². The number of nitrogens with zero attached hydrogens (tertiary/aromatic N) is 2. The van der Waals surface area contributed by atoms with Gasteiger partial charge in [0.15, 0.2) is 5.82 Å². The van der Waals surface area contributed by atoms with Crippen molar-refractivity contribution in [1.29, 1.82) is 0 Å². The predicted molar refractivity (Wildman–Crippen MR) is 232 cm³/mol. The molecular formula is C53H32N2OS. The topological polar surface area (TPSA) is 38.9 Å². The summed E-state index contributed by atoms with van der Waals surface area (Å²) in [6, 6.07) is 69.3. The van der Waals surface area contributed by atoms with Crippen molar-refractivity contribution < 1.29 is 4.42 Å². The molecule has 4 heteroatoms. The molecule has 0 radical (unpaired) electrons. The third-order valence-corrected chi connectivity index (χ3v) is 13.0. The smallest absolute Gasteiger partial charge is 0.160 e. The highest BCUT2D eigenvalue weighted by Gasteiger charge is 2.50. The van der Waals surface area contributed by atoms with Gasteiger partial charge in [0.1, 0.15) is 11.2 Å². The minimum atomic E-state index is -0.481. The molecule has 10 aromatic rings. The van der Waals surface area contributed by atoms with Crippen LogP contribution in [0.25, 0.3) is 78.1 Å². The van der Waals surface area contributed by atoms with Crippen molar-refractivity contribution in [2.45, 2.75) is 15.2 Å². The van der Waals surface area contributed by atoms with Gasteiger partial charge in [0.25, 0.3) is 0 Å². The van der Waals surface area contributed by atoms with Gasteiger partial charge in [-0.05, 0) is 68.8 Å². The lowest BCUT2D eigenvalue weighted by molar-refractivity contribution is 0.666. The summed E-state index contributed by atoms with van der Waals surface area (Å²) in [6.07, 6.45) is 0. The van der Waals surface area contributed by atoms with Crippen molar-refractivity contribution in [1.82, 2.24) is 9.97 Å². The van der Waals surface area contributed by atoms with Gasteiger partial charge in [-0.15, -0.1) is 0 Å². The molecule has 0 N–H and O–H groups in total. The Labute approximate surface area is 334 Å². The number of rotatable bonds is 4. The van der Waals surface area contributed by atoms with E-state index in [9.17, 15) is 0 Å². The third kappa shape index (κ3) is 4.74. The molecule has 0 fully saturated rings. The first-order valence-electron chi connectivity index (χ1n) is 19.3. The zero-order valence-corrected chi connectivity index (χ0v) is 31.5. The maximum absolute atomic E-state index is 6.79. The first-order valence-corrected chi connectivity index (χ1v) is 20.1. The Kier molecular flexibility index (Phi) is 7.08. The van der Waals surface area contributed by atoms with Gasteiger partial charge in [0.2, 0.25) is 0 Å². The molecule has 0 amide bonds. The molecular weight excluding hydrogens is 713 g/mol. The van der Waals surface area contributed by atoms with Gasteiger partial charge in [-0.2, -0.15) is 0 Å². The summed E-state index contributed by atoms with van der Waals surface area (Å²) in [5.41, 5.74) is 16.1. The SMILES string of the molecule is c1ccc(-c2ccc(-c3cc(-c4cccc5oc6ccc7c(c6c45)Sc4ccccc4C74c5ccccc5-c5ccccc54)nc(-c4ccccc4)n3)cc2)cc1. The van der Waals surface area contributed by atoms with Crippen LogP contribution in [0.5, 0.6) is 0 Å². The van der Waals surface area contributed by atoms with E-state index in [1.807, 2.05) is 36.0 Å². The molecule has 1 spiro atoms. The van der Waals surface area contributed by atoms with Crippen molar-refractivity contribution in [2.75, 3.05) is 0 Å². The number of benzene rings is 8. The Morgan fingerprint density at radius 2 is 0.947 bits per heavy atom. The lowest BCUT2D eigenvalue weighted by atomic mass is 9.67. The first-order chi connectivity index (χ1) is 28.3. The largest absolute Gasteiger partial charge is 0.456 e. The van der Waals surface area contributed by atoms with Gasteiger partial charge in [-0.3, -0.25) is 0 Å². The summed E-state index contributed by atoms with van der Waals surface area (Å²) in [7, 11) is 0. The Balaban J connectivity index is 1.12. The van der Waals surface area contributed by atoms with Crippen molar-refractivity contribution >= 4 is 33.7 Å². The first kappa shape index (κ1) is 32.3. The lowest BCUT2D eigenvalue weighted by Crippen LogP contribution is -2.32. The highest BCUT2D eigenvalue weighted by molar-refractivity contribution is 7.99. The maximum atomic E-state index is 6.79. The molecule has 1 aliphatic heterocycles. The zero-order chi connectivity index (χ0) is 37.5. The van der Waals surface area contributed by atoms with E-state index in [-0.39, 0.29) is 0 Å². The standard InChI is InChI=1S/C53H32N2OS/c1-3-14-33(15-4-1)34-26-28-35(29-27-34)44-32-45(55-52(54-44)36-16-5-2-6-17-36)39-20-13-24-46-49(39)50-47(56-46)31-30-43-51(50)57-48-25-12-11-23-42(48)53(43)40-21-9-7-18-37(40)38-19-8-10-22-41(38)53/h1-32H. The van der Waals surface area contributed by atoms with E-state index >= 15 is 0 Å². The molecule has 266 valence electrons. The number of fused-ring (bicyclic) bond motifs is 13. The average Bonchev–Trinajstić information content (AvgIpc) is 3.82. The van der Waals surface area contributed by atoms with Crippen LogP contribution in [0.3, 0.4) is 0 Å². The van der Waals surface area contributed by atoms with Crippen LogP contribution < -0.4 is 0 Å². The summed E-state index contributed by atoms with van der Waals surface area (Å²) in [5.74, 6) is 0.684. The maximum Gasteiger partial charge on any atom is 0.160 e. The summed E-state index contributed by atoms with van der Waals surface area (Å²) >= 11 is 1.85. The summed E-state index contributed by atoms with van der Waals surface area (Å²) < 4.78 is 6.79. The Bertz CT molecular complexity index is 3160. The van der Waals surface area contributed by atoms with Crippen LogP contribution in [-0.4, -0.2) is 9.97 Å². The molecule has 0 unspecified atom stereocenters. The predicted octanol–water partition coefficient (Wildman–Crippen LogP) is 13.9. The van der Waals surface area contributed by atoms with E-state index in [2.05, 4.69) is 170 Å². The molecule has 8 aromatic carbocycles. The number of hydrogen-bond acceptors (Lipinski definition) is 4. The van der Waals surface area contributed by atoms with Gasteiger partial charge in [-0.25, -0.2) is 9.97 Å². The normalized spacial score (nSPS) is 13.3. The highest BCUT2D eigenvalue weighted by Crippen LogP contribution is 2.63. The number of furan rings is 1. The highest BCUT2D eigenvalue weighted by atomic mass is 32.2. The fourth-order valence-corrected chi connectivity index (χ4v) is 10.7. The summed E-state index contributed by atoms with van der Waals surface area (Å²) in [6.45, 7) is 0. The molecule has 0 atom stereocenters. The van der Waals surface area contributed by atoms with Crippen LogP contribution in [0.15, 0.2) is 208 Å². The van der Waals surface area contributed by atoms with Gasteiger partial charge >= 0.3 is 0 Å². The zero-order valence-electron chi connectivity index (χ0n) is 30.7. The molecule has 2 aromatic heterocycles. The molecule has 0 saturated carbocycles. The van der Waals surface area contributed by atoms with E-state index in [0.717, 1.165) is 50.0 Å². The quantitative estimate of drug-likeness (QED) is 0.180. The van der Waals surface area contributed by atoms with E-state index in [0.29, 0.717) is 5.82 Å². The fourth-order valence-electron chi connectivity index (χ4n) is 9.34. The van der Waals surface area contributed by atoms with Crippen LogP contribution in [0.1, 0.15) is 22.3 Å². The van der Waals surface area contributed by atoms with Crippen LogP contribution >= 0.6 is 11.8 Å². The van der Waals surface area contributed by atoms with E-state index in [4.69, 9.17) is 14.4 Å². The van der Waals surface area contributed by atoms with Crippen LogP contribution in [0.2, 0.25) is 0 Å². The molecule has 2 aliphatic rings. The molecule has 0 bridgehead atoms. The Morgan fingerprint density at radius 3 is 1.68 bits per heavy atom. The van der Waals surface area contributed by atoms with Gasteiger partial charge < -0.3 is 4.42 Å².